The van der Waals surface area contributed by atoms with Crippen molar-refractivity contribution < 1.29 is 13.2 Å². The molecule has 132 valence electrons. The standard InChI is InChI=1S/C18H14F3N5/c19-18(20,21)14-9-24-17(25-11-2-1-3-11)26-16(14)13-8-23-15-6-10(7-22)4-5-12(13)15/h4-6,8-9,11,23H,1-3H2,(H,24,25,26). The van der Waals surface area contributed by atoms with E-state index in [1.807, 2.05) is 6.07 Å². The van der Waals surface area contributed by atoms with Gasteiger partial charge < -0.3 is 10.3 Å². The van der Waals surface area contributed by atoms with Crippen LogP contribution in [-0.2, 0) is 6.18 Å². The van der Waals surface area contributed by atoms with Crippen molar-refractivity contribution in [2.75, 3.05) is 5.32 Å². The van der Waals surface area contributed by atoms with E-state index in [-0.39, 0.29) is 17.7 Å². The zero-order valence-electron chi connectivity index (χ0n) is 13.6. The Bertz CT molecular complexity index is 1010. The fraction of sp³-hybridized carbons (Fsp3) is 0.278. The number of rotatable bonds is 3. The number of hydrogen-bond donors (Lipinski definition) is 2. The van der Waals surface area contributed by atoms with Gasteiger partial charge >= 0.3 is 6.18 Å². The van der Waals surface area contributed by atoms with Gasteiger partial charge in [0.2, 0.25) is 5.95 Å². The van der Waals surface area contributed by atoms with Gasteiger partial charge in [-0.3, -0.25) is 0 Å². The molecule has 2 heterocycles. The van der Waals surface area contributed by atoms with Crippen molar-refractivity contribution in [3.63, 3.8) is 0 Å². The van der Waals surface area contributed by atoms with Gasteiger partial charge in [0.15, 0.2) is 0 Å². The molecule has 0 aliphatic heterocycles. The molecule has 4 rings (SSSR count). The molecule has 0 bridgehead atoms. The number of anilines is 1. The summed E-state index contributed by atoms with van der Waals surface area (Å²) in [5.41, 5.74) is 0.277. The van der Waals surface area contributed by atoms with Crippen LogP contribution in [0.5, 0.6) is 0 Å². The second-order valence-corrected chi connectivity index (χ2v) is 6.30. The lowest BCUT2D eigenvalue weighted by atomic mass is 9.93. The van der Waals surface area contributed by atoms with Crippen molar-refractivity contribution in [2.45, 2.75) is 31.5 Å². The second-order valence-electron chi connectivity index (χ2n) is 6.30. The van der Waals surface area contributed by atoms with E-state index in [4.69, 9.17) is 5.26 Å². The summed E-state index contributed by atoms with van der Waals surface area (Å²) in [6.45, 7) is 0. The summed E-state index contributed by atoms with van der Waals surface area (Å²) in [5, 5.41) is 12.6. The average molecular weight is 357 g/mol. The summed E-state index contributed by atoms with van der Waals surface area (Å²) in [6, 6.07) is 7.02. The molecule has 5 nitrogen and oxygen atoms in total. The van der Waals surface area contributed by atoms with Crippen molar-refractivity contribution >= 4 is 16.9 Å². The molecule has 1 aliphatic carbocycles. The Kier molecular flexibility index (Phi) is 3.80. The molecule has 0 amide bonds. The molecule has 0 spiro atoms. The van der Waals surface area contributed by atoms with E-state index in [1.165, 1.54) is 6.20 Å². The third-order valence-electron chi connectivity index (χ3n) is 4.60. The second kappa shape index (κ2) is 6.02. The van der Waals surface area contributed by atoms with E-state index in [2.05, 4.69) is 20.3 Å². The van der Waals surface area contributed by atoms with E-state index < -0.39 is 11.7 Å². The van der Waals surface area contributed by atoms with Gasteiger partial charge in [0, 0.05) is 34.9 Å². The zero-order chi connectivity index (χ0) is 18.3. The van der Waals surface area contributed by atoms with E-state index >= 15 is 0 Å². The van der Waals surface area contributed by atoms with Gasteiger partial charge in [-0.15, -0.1) is 0 Å². The largest absolute Gasteiger partial charge is 0.419 e. The molecule has 8 heteroatoms. The zero-order valence-corrected chi connectivity index (χ0v) is 13.6. The Morgan fingerprint density at radius 3 is 2.73 bits per heavy atom. The van der Waals surface area contributed by atoms with Crippen LogP contribution in [0.3, 0.4) is 0 Å². The third-order valence-corrected chi connectivity index (χ3v) is 4.60. The summed E-state index contributed by atoms with van der Waals surface area (Å²) in [5.74, 6) is 0.195. The highest BCUT2D eigenvalue weighted by atomic mass is 19.4. The Hall–Kier alpha value is -3.08. The van der Waals surface area contributed by atoms with E-state index in [9.17, 15) is 13.2 Å². The molecule has 1 fully saturated rings. The van der Waals surface area contributed by atoms with Crippen LogP contribution in [0, 0.1) is 11.3 Å². The fourth-order valence-corrected chi connectivity index (χ4v) is 2.99. The molecule has 2 aromatic heterocycles. The number of nitrogens with one attached hydrogen (secondary N) is 2. The number of nitrogens with zero attached hydrogens (tertiary/aromatic N) is 3. The van der Waals surface area contributed by atoms with Gasteiger partial charge in [-0.25, -0.2) is 9.97 Å². The van der Waals surface area contributed by atoms with Gasteiger partial charge in [0.25, 0.3) is 0 Å². The van der Waals surface area contributed by atoms with Crippen LogP contribution in [-0.4, -0.2) is 21.0 Å². The Morgan fingerprint density at radius 1 is 1.27 bits per heavy atom. The predicted molar refractivity (Wildman–Crippen MR) is 90.3 cm³/mol. The van der Waals surface area contributed by atoms with Crippen LogP contribution in [0.15, 0.2) is 30.6 Å². The first kappa shape index (κ1) is 16.4. The van der Waals surface area contributed by atoms with Crippen molar-refractivity contribution in [1.29, 1.82) is 5.26 Å². The first-order chi connectivity index (χ1) is 12.5. The topological polar surface area (TPSA) is 77.4 Å². The first-order valence-electron chi connectivity index (χ1n) is 8.18. The Balaban J connectivity index is 1.85. The number of alkyl halides is 3. The number of aromatic nitrogens is 3. The highest BCUT2D eigenvalue weighted by Gasteiger charge is 2.36. The Labute approximate surface area is 146 Å². The lowest BCUT2D eigenvalue weighted by Crippen LogP contribution is -2.28. The lowest BCUT2D eigenvalue weighted by Gasteiger charge is -2.26. The third kappa shape index (κ3) is 2.86. The number of aromatic amines is 1. The average Bonchev–Trinajstić information content (AvgIpc) is 3.00. The number of H-pyrrole nitrogens is 1. The SMILES string of the molecule is N#Cc1ccc2c(-c3nc(NC4CCC4)ncc3C(F)(F)F)c[nH]c2c1. The van der Waals surface area contributed by atoms with Gasteiger partial charge in [0.05, 0.1) is 17.3 Å². The maximum Gasteiger partial charge on any atom is 0.419 e. The molecular weight excluding hydrogens is 343 g/mol. The van der Waals surface area contributed by atoms with Gasteiger partial charge in [-0.05, 0) is 31.4 Å². The quantitative estimate of drug-likeness (QED) is 0.724. The van der Waals surface area contributed by atoms with E-state index in [1.54, 1.807) is 18.2 Å². The molecule has 0 saturated heterocycles. The van der Waals surface area contributed by atoms with Crippen LogP contribution in [0.4, 0.5) is 19.1 Å². The summed E-state index contributed by atoms with van der Waals surface area (Å²) < 4.78 is 40.4. The normalized spacial score (nSPS) is 14.8. The number of benzene rings is 1. The minimum absolute atomic E-state index is 0.176. The number of hydrogen-bond acceptors (Lipinski definition) is 4. The number of fused-ring (bicyclic) bond motifs is 1. The minimum atomic E-state index is -4.57. The van der Waals surface area contributed by atoms with Crippen LogP contribution >= 0.6 is 0 Å². The smallest absolute Gasteiger partial charge is 0.360 e. The molecule has 2 N–H and O–H groups in total. The van der Waals surface area contributed by atoms with E-state index in [0.29, 0.717) is 22.0 Å². The van der Waals surface area contributed by atoms with Crippen molar-refractivity contribution in [2.24, 2.45) is 0 Å². The van der Waals surface area contributed by atoms with Gasteiger partial charge in [-0.2, -0.15) is 18.4 Å². The highest BCUT2D eigenvalue weighted by molar-refractivity contribution is 5.96. The molecule has 0 atom stereocenters. The number of halogens is 3. The summed E-state index contributed by atoms with van der Waals surface area (Å²) in [4.78, 5) is 10.9. The van der Waals surface area contributed by atoms with Crippen molar-refractivity contribution in [3.8, 4) is 17.3 Å². The molecule has 1 saturated carbocycles. The van der Waals surface area contributed by atoms with E-state index in [0.717, 1.165) is 25.5 Å². The van der Waals surface area contributed by atoms with Crippen molar-refractivity contribution in [3.05, 3.63) is 41.7 Å². The highest BCUT2D eigenvalue weighted by Crippen LogP contribution is 2.39. The minimum Gasteiger partial charge on any atom is -0.360 e. The predicted octanol–water partition coefficient (Wildman–Crippen LogP) is 4.48. The molecule has 3 aromatic rings. The van der Waals surface area contributed by atoms with Crippen LogP contribution in [0.1, 0.15) is 30.4 Å². The summed E-state index contributed by atoms with van der Waals surface area (Å²) >= 11 is 0. The first-order valence-corrected chi connectivity index (χ1v) is 8.18. The van der Waals surface area contributed by atoms with Crippen LogP contribution < -0.4 is 5.32 Å². The lowest BCUT2D eigenvalue weighted by molar-refractivity contribution is -0.137. The van der Waals surface area contributed by atoms with Crippen LogP contribution in [0.2, 0.25) is 0 Å². The molecule has 0 radical (unpaired) electrons. The van der Waals surface area contributed by atoms with Crippen LogP contribution in [0.25, 0.3) is 22.2 Å². The molecule has 0 unspecified atom stereocenters. The summed E-state index contributed by atoms with van der Waals surface area (Å²) in [6.07, 6.45) is 0.755. The van der Waals surface area contributed by atoms with Gasteiger partial charge in [-0.1, -0.05) is 6.07 Å². The van der Waals surface area contributed by atoms with Gasteiger partial charge in [0.1, 0.15) is 5.56 Å². The summed E-state index contributed by atoms with van der Waals surface area (Å²) in [7, 11) is 0. The maximum atomic E-state index is 13.5. The molecule has 1 aliphatic rings. The molecular formula is C18H14F3N5. The molecule has 26 heavy (non-hydrogen) atoms. The molecule has 1 aromatic carbocycles. The van der Waals surface area contributed by atoms with Crippen molar-refractivity contribution in [1.82, 2.24) is 15.0 Å². The maximum absolute atomic E-state index is 13.5. The number of nitriles is 1. The fourth-order valence-electron chi connectivity index (χ4n) is 2.99. The Morgan fingerprint density at radius 2 is 2.08 bits per heavy atom. The monoisotopic (exact) mass is 357 g/mol.